The fourth-order valence-corrected chi connectivity index (χ4v) is 4.12. The largest absolute Gasteiger partial charge is 0.478 e. The summed E-state index contributed by atoms with van der Waals surface area (Å²) in [6.45, 7) is 4.68. The molecule has 36 heavy (non-hydrogen) atoms. The third-order valence-corrected chi connectivity index (χ3v) is 5.94. The summed E-state index contributed by atoms with van der Waals surface area (Å²) in [5, 5.41) is 22.7. The maximum atomic E-state index is 10.8. The topological polar surface area (TPSA) is 99.1 Å². The van der Waals surface area contributed by atoms with Gasteiger partial charge in [0.25, 0.3) is 0 Å². The highest BCUT2D eigenvalue weighted by Crippen LogP contribution is 2.17. The van der Waals surface area contributed by atoms with Crippen molar-refractivity contribution in [1.82, 2.24) is 10.2 Å². The standard InChI is InChI=1S/C19H24N2O.C10H10O4/c22-19-15-21(14-17-9-5-2-6-10-17)12-11-18(19)20-13-16-7-3-1-4-8-16;1-7(11)14-9(10(12)13)8-5-3-2-4-6-8/h1-10,18-20,22H,11-15H2;2-6,9H,1H3,(H,12,13)/t18-,19-;9-/m11/s1. The summed E-state index contributed by atoms with van der Waals surface area (Å²) in [4.78, 5) is 23.7. The first-order valence-corrected chi connectivity index (χ1v) is 12.1. The second kappa shape index (κ2) is 14.1. The van der Waals surface area contributed by atoms with Crippen molar-refractivity contribution in [2.24, 2.45) is 0 Å². The van der Waals surface area contributed by atoms with Crippen molar-refractivity contribution in [1.29, 1.82) is 0 Å². The molecule has 1 saturated heterocycles. The van der Waals surface area contributed by atoms with Crippen LogP contribution in [0.3, 0.4) is 0 Å². The highest BCUT2D eigenvalue weighted by molar-refractivity contribution is 5.78. The molecule has 7 heteroatoms. The molecule has 1 heterocycles. The zero-order valence-corrected chi connectivity index (χ0v) is 20.5. The molecule has 0 saturated carbocycles. The molecule has 0 aliphatic carbocycles. The van der Waals surface area contributed by atoms with Gasteiger partial charge in [-0.2, -0.15) is 0 Å². The minimum Gasteiger partial charge on any atom is -0.478 e. The normalized spacial score (nSPS) is 18.4. The summed E-state index contributed by atoms with van der Waals surface area (Å²) in [5.41, 5.74) is 3.03. The number of rotatable bonds is 8. The number of nitrogens with one attached hydrogen (secondary N) is 1. The highest BCUT2D eigenvalue weighted by Gasteiger charge is 2.27. The minimum absolute atomic E-state index is 0.187. The third-order valence-electron chi connectivity index (χ3n) is 5.94. The van der Waals surface area contributed by atoms with E-state index < -0.39 is 18.0 Å². The number of likely N-dealkylation sites (tertiary alicyclic amines) is 1. The molecule has 1 fully saturated rings. The van der Waals surface area contributed by atoms with Crippen LogP contribution >= 0.6 is 0 Å². The van der Waals surface area contributed by atoms with E-state index in [1.54, 1.807) is 30.3 Å². The minimum atomic E-state index is -1.21. The first kappa shape index (κ1) is 27.1. The summed E-state index contributed by atoms with van der Waals surface area (Å²) in [5.74, 6) is -1.78. The Bertz CT molecular complexity index is 1060. The number of carbonyl (C=O) groups is 2. The van der Waals surface area contributed by atoms with Gasteiger partial charge in [0.05, 0.1) is 6.10 Å². The fourth-order valence-electron chi connectivity index (χ4n) is 4.12. The number of hydrogen-bond donors (Lipinski definition) is 3. The number of piperidine rings is 1. The average Bonchev–Trinajstić information content (AvgIpc) is 2.89. The molecule has 0 aromatic heterocycles. The van der Waals surface area contributed by atoms with Gasteiger partial charge in [0.1, 0.15) is 0 Å². The molecule has 0 radical (unpaired) electrons. The van der Waals surface area contributed by atoms with Gasteiger partial charge in [0.15, 0.2) is 0 Å². The lowest BCUT2D eigenvalue weighted by atomic mass is 10.0. The van der Waals surface area contributed by atoms with Gasteiger partial charge in [0.2, 0.25) is 6.10 Å². The van der Waals surface area contributed by atoms with Crippen molar-refractivity contribution < 1.29 is 24.5 Å². The molecule has 190 valence electrons. The summed E-state index contributed by atoms with van der Waals surface area (Å²) in [7, 11) is 0. The van der Waals surface area contributed by atoms with Crippen LogP contribution in [0, 0.1) is 0 Å². The first-order chi connectivity index (χ1) is 17.4. The summed E-state index contributed by atoms with van der Waals surface area (Å²) >= 11 is 0. The van der Waals surface area contributed by atoms with Gasteiger partial charge < -0.3 is 20.3 Å². The van der Waals surface area contributed by atoms with E-state index >= 15 is 0 Å². The van der Waals surface area contributed by atoms with E-state index in [4.69, 9.17) is 5.11 Å². The zero-order valence-electron chi connectivity index (χ0n) is 20.5. The number of aliphatic carboxylic acids is 1. The number of hydrogen-bond acceptors (Lipinski definition) is 6. The number of ether oxygens (including phenoxy) is 1. The number of aliphatic hydroxyl groups excluding tert-OH is 1. The number of carbonyl (C=O) groups excluding carboxylic acids is 1. The molecule has 3 atom stereocenters. The zero-order chi connectivity index (χ0) is 25.8. The van der Waals surface area contributed by atoms with Gasteiger partial charge in [-0.15, -0.1) is 0 Å². The molecule has 0 bridgehead atoms. The van der Waals surface area contributed by atoms with Crippen molar-refractivity contribution in [2.75, 3.05) is 13.1 Å². The lowest BCUT2D eigenvalue weighted by molar-refractivity contribution is -0.163. The van der Waals surface area contributed by atoms with Crippen molar-refractivity contribution in [3.8, 4) is 0 Å². The molecule has 0 spiro atoms. The van der Waals surface area contributed by atoms with Crippen molar-refractivity contribution in [2.45, 2.75) is 44.7 Å². The summed E-state index contributed by atoms with van der Waals surface area (Å²) in [6.07, 6.45) is -0.532. The molecule has 3 aromatic carbocycles. The van der Waals surface area contributed by atoms with E-state index in [1.807, 2.05) is 12.1 Å². The second-order valence-electron chi connectivity index (χ2n) is 8.79. The predicted octanol–water partition coefficient (Wildman–Crippen LogP) is 3.79. The number of nitrogens with zero attached hydrogens (tertiary/aromatic N) is 1. The van der Waals surface area contributed by atoms with Crippen LogP contribution in [0.15, 0.2) is 91.0 Å². The monoisotopic (exact) mass is 490 g/mol. The van der Waals surface area contributed by atoms with Crippen LogP contribution in [0.5, 0.6) is 0 Å². The van der Waals surface area contributed by atoms with Crippen LogP contribution in [0.1, 0.15) is 36.1 Å². The Morgan fingerprint density at radius 2 is 1.50 bits per heavy atom. The fraction of sp³-hybridized carbons (Fsp3) is 0.310. The van der Waals surface area contributed by atoms with Crippen LogP contribution < -0.4 is 5.32 Å². The Labute approximate surface area is 212 Å². The Balaban J connectivity index is 0.000000223. The van der Waals surface area contributed by atoms with E-state index in [2.05, 4.69) is 63.5 Å². The number of esters is 1. The van der Waals surface area contributed by atoms with Crippen LogP contribution in [-0.4, -0.2) is 52.3 Å². The molecule has 0 unspecified atom stereocenters. The number of carboxylic acids is 1. The van der Waals surface area contributed by atoms with Crippen LogP contribution in [0.2, 0.25) is 0 Å². The molecular weight excluding hydrogens is 456 g/mol. The third kappa shape index (κ3) is 8.92. The second-order valence-corrected chi connectivity index (χ2v) is 8.79. The maximum Gasteiger partial charge on any atom is 0.349 e. The van der Waals surface area contributed by atoms with E-state index in [1.165, 1.54) is 18.1 Å². The van der Waals surface area contributed by atoms with Crippen molar-refractivity contribution in [3.05, 3.63) is 108 Å². The smallest absolute Gasteiger partial charge is 0.349 e. The Morgan fingerprint density at radius 3 is 2.03 bits per heavy atom. The maximum absolute atomic E-state index is 10.8. The number of carboxylic acid groups (broad SMARTS) is 1. The molecular formula is C29H34N2O5. The van der Waals surface area contributed by atoms with Crippen molar-refractivity contribution in [3.63, 3.8) is 0 Å². The van der Waals surface area contributed by atoms with Gasteiger partial charge in [0, 0.05) is 44.7 Å². The van der Waals surface area contributed by atoms with Gasteiger partial charge in [-0.05, 0) is 17.5 Å². The van der Waals surface area contributed by atoms with E-state index in [0.29, 0.717) is 5.56 Å². The molecule has 1 aliphatic rings. The summed E-state index contributed by atoms with van der Waals surface area (Å²) in [6, 6.07) is 29.4. The average molecular weight is 491 g/mol. The lowest BCUT2D eigenvalue weighted by Gasteiger charge is -2.36. The van der Waals surface area contributed by atoms with Crippen molar-refractivity contribution >= 4 is 11.9 Å². The Hall–Kier alpha value is -3.52. The number of aliphatic hydroxyl groups is 1. The molecule has 4 rings (SSSR count). The molecule has 7 nitrogen and oxygen atoms in total. The summed E-state index contributed by atoms with van der Waals surface area (Å²) < 4.78 is 4.66. The van der Waals surface area contributed by atoms with Gasteiger partial charge in [-0.3, -0.25) is 9.69 Å². The number of β-amino-alcohol motifs (C(OH)–C–C–N with tert-alkyl or cyclic N) is 1. The highest BCUT2D eigenvalue weighted by atomic mass is 16.6. The quantitative estimate of drug-likeness (QED) is 0.413. The van der Waals surface area contributed by atoms with Gasteiger partial charge in [-0.1, -0.05) is 91.0 Å². The van der Waals surface area contributed by atoms with E-state index in [0.717, 1.165) is 32.6 Å². The van der Waals surface area contributed by atoms with Crippen LogP contribution in [0.4, 0.5) is 0 Å². The Morgan fingerprint density at radius 1 is 0.944 bits per heavy atom. The Kier molecular flexibility index (Phi) is 10.6. The van der Waals surface area contributed by atoms with E-state index in [9.17, 15) is 14.7 Å². The van der Waals surface area contributed by atoms with Crippen LogP contribution in [0.25, 0.3) is 0 Å². The molecule has 3 aromatic rings. The van der Waals surface area contributed by atoms with E-state index in [-0.39, 0.29) is 12.1 Å². The number of benzene rings is 3. The lowest BCUT2D eigenvalue weighted by Crippen LogP contribution is -2.52. The predicted molar refractivity (Wildman–Crippen MR) is 138 cm³/mol. The SMILES string of the molecule is CC(=O)O[C@@H](C(=O)O)c1ccccc1.O[C@@H]1CN(Cc2ccccc2)CC[C@H]1NCc1ccccc1. The molecule has 1 aliphatic heterocycles. The first-order valence-electron chi connectivity index (χ1n) is 12.1. The van der Waals surface area contributed by atoms with Gasteiger partial charge >= 0.3 is 11.9 Å². The molecule has 3 N–H and O–H groups in total. The van der Waals surface area contributed by atoms with Gasteiger partial charge in [-0.25, -0.2) is 4.79 Å². The molecule has 0 amide bonds. The van der Waals surface area contributed by atoms with Crippen LogP contribution in [-0.2, 0) is 27.4 Å².